The van der Waals surface area contributed by atoms with E-state index in [0.29, 0.717) is 5.92 Å². The largest absolute Gasteiger partial charge is 0.312 e. The Kier molecular flexibility index (Phi) is 6.06. The van der Waals surface area contributed by atoms with Crippen molar-refractivity contribution in [3.05, 3.63) is 35.4 Å². The number of hydrogen-bond acceptors (Lipinski definition) is 1. The summed E-state index contributed by atoms with van der Waals surface area (Å²) >= 11 is 0. The van der Waals surface area contributed by atoms with Gasteiger partial charge in [0.2, 0.25) is 0 Å². The Hall–Kier alpha value is -0.820. The molecule has 0 radical (unpaired) electrons. The summed E-state index contributed by atoms with van der Waals surface area (Å²) in [6.45, 7) is 14.6. The summed E-state index contributed by atoms with van der Waals surface area (Å²) in [7, 11) is 0. The van der Waals surface area contributed by atoms with E-state index in [2.05, 4.69) is 71.1 Å². The van der Waals surface area contributed by atoms with Crippen molar-refractivity contribution in [1.29, 1.82) is 0 Å². The van der Waals surface area contributed by atoms with Crippen LogP contribution in [0, 0.1) is 11.8 Å². The minimum atomic E-state index is 0.216. The number of hydrogen-bond donors (Lipinski definition) is 1. The maximum Gasteiger partial charge on any atom is 0.00966 e. The van der Waals surface area contributed by atoms with Crippen LogP contribution in [0.25, 0.3) is 0 Å². The van der Waals surface area contributed by atoms with Gasteiger partial charge in [0.25, 0.3) is 0 Å². The Bertz CT molecular complexity index is 374. The monoisotopic (exact) mass is 261 g/mol. The molecule has 0 bridgehead atoms. The molecule has 1 atom stereocenters. The van der Waals surface area contributed by atoms with Gasteiger partial charge in [0.1, 0.15) is 0 Å². The molecule has 0 saturated heterocycles. The fourth-order valence-electron chi connectivity index (χ4n) is 2.31. The zero-order valence-corrected chi connectivity index (χ0v) is 13.6. The summed E-state index contributed by atoms with van der Waals surface area (Å²) in [5.74, 6) is 1.41. The first kappa shape index (κ1) is 16.2. The van der Waals surface area contributed by atoms with E-state index in [1.165, 1.54) is 17.5 Å². The maximum absolute atomic E-state index is 3.59. The van der Waals surface area contributed by atoms with Crippen molar-refractivity contribution in [2.75, 3.05) is 6.54 Å². The van der Waals surface area contributed by atoms with E-state index in [0.717, 1.165) is 18.9 Å². The standard InChI is InChI=1S/C18H31N/c1-14(2)10-16-8-7-9-17(12-16)11-15(3)13-19-18(4,5)6/h7-9,12,14-15,19H,10-11,13H2,1-6H3. The lowest BCUT2D eigenvalue weighted by atomic mass is 9.96. The molecule has 1 aromatic rings. The molecule has 0 aromatic heterocycles. The van der Waals surface area contributed by atoms with Gasteiger partial charge in [-0.25, -0.2) is 0 Å². The van der Waals surface area contributed by atoms with Crippen LogP contribution in [0.4, 0.5) is 0 Å². The Morgan fingerprint density at radius 1 is 1.00 bits per heavy atom. The van der Waals surface area contributed by atoms with Crippen LogP contribution in [0.3, 0.4) is 0 Å². The summed E-state index contributed by atoms with van der Waals surface area (Å²) < 4.78 is 0. The Morgan fingerprint density at radius 3 is 2.11 bits per heavy atom. The van der Waals surface area contributed by atoms with Crippen LogP contribution in [-0.4, -0.2) is 12.1 Å². The Labute approximate surface area is 119 Å². The van der Waals surface area contributed by atoms with Crippen molar-refractivity contribution in [2.24, 2.45) is 11.8 Å². The van der Waals surface area contributed by atoms with Gasteiger partial charge in [-0.3, -0.25) is 0 Å². The van der Waals surface area contributed by atoms with E-state index in [1.54, 1.807) is 0 Å². The normalized spacial score (nSPS) is 13.8. The molecule has 1 aromatic carbocycles. The van der Waals surface area contributed by atoms with Crippen molar-refractivity contribution < 1.29 is 0 Å². The van der Waals surface area contributed by atoms with Gasteiger partial charge < -0.3 is 5.32 Å². The van der Waals surface area contributed by atoms with E-state index >= 15 is 0 Å². The van der Waals surface area contributed by atoms with Crippen molar-refractivity contribution in [1.82, 2.24) is 5.32 Å². The van der Waals surface area contributed by atoms with Crippen molar-refractivity contribution in [2.45, 2.75) is 59.9 Å². The van der Waals surface area contributed by atoms with E-state index < -0.39 is 0 Å². The van der Waals surface area contributed by atoms with Crippen molar-refractivity contribution >= 4 is 0 Å². The van der Waals surface area contributed by atoms with E-state index in [-0.39, 0.29) is 5.54 Å². The average molecular weight is 261 g/mol. The average Bonchev–Trinajstić information content (AvgIpc) is 2.25. The molecular formula is C18H31N. The number of nitrogens with one attached hydrogen (secondary N) is 1. The quantitative estimate of drug-likeness (QED) is 0.797. The molecule has 0 heterocycles. The van der Waals surface area contributed by atoms with Crippen LogP contribution in [0.1, 0.15) is 52.7 Å². The first-order valence-corrected chi connectivity index (χ1v) is 7.59. The molecule has 1 N–H and O–H groups in total. The van der Waals surface area contributed by atoms with Crippen LogP contribution < -0.4 is 5.32 Å². The number of rotatable bonds is 6. The van der Waals surface area contributed by atoms with Gasteiger partial charge in [-0.2, -0.15) is 0 Å². The molecular weight excluding hydrogens is 230 g/mol. The SMILES string of the molecule is CC(C)Cc1cccc(CC(C)CNC(C)(C)C)c1. The van der Waals surface area contributed by atoms with Crippen molar-refractivity contribution in [3.8, 4) is 0 Å². The molecule has 1 rings (SSSR count). The number of benzene rings is 1. The minimum Gasteiger partial charge on any atom is -0.312 e. The highest BCUT2D eigenvalue weighted by molar-refractivity contribution is 5.24. The van der Waals surface area contributed by atoms with Crippen LogP contribution in [0.5, 0.6) is 0 Å². The van der Waals surface area contributed by atoms with Crippen LogP contribution in [0.15, 0.2) is 24.3 Å². The molecule has 1 nitrogen and oxygen atoms in total. The molecule has 0 aliphatic carbocycles. The fraction of sp³-hybridized carbons (Fsp3) is 0.667. The molecule has 0 amide bonds. The molecule has 0 aliphatic rings. The summed E-state index contributed by atoms with van der Waals surface area (Å²) in [5, 5.41) is 3.59. The second kappa shape index (κ2) is 7.09. The highest BCUT2D eigenvalue weighted by Crippen LogP contribution is 2.14. The lowest BCUT2D eigenvalue weighted by Crippen LogP contribution is -2.39. The smallest absolute Gasteiger partial charge is 0.00966 e. The van der Waals surface area contributed by atoms with E-state index in [4.69, 9.17) is 0 Å². The topological polar surface area (TPSA) is 12.0 Å². The lowest BCUT2D eigenvalue weighted by molar-refractivity contribution is 0.381. The highest BCUT2D eigenvalue weighted by atomic mass is 14.9. The molecule has 0 fully saturated rings. The predicted molar refractivity (Wildman–Crippen MR) is 85.6 cm³/mol. The Morgan fingerprint density at radius 2 is 1.58 bits per heavy atom. The zero-order valence-electron chi connectivity index (χ0n) is 13.6. The third kappa shape index (κ3) is 7.37. The second-order valence-corrected chi connectivity index (χ2v) is 7.36. The molecule has 1 unspecified atom stereocenters. The molecule has 0 aliphatic heterocycles. The summed E-state index contributed by atoms with van der Waals surface area (Å²) in [6.07, 6.45) is 2.34. The van der Waals surface area contributed by atoms with Gasteiger partial charge in [-0.05, 0) is 63.1 Å². The third-order valence-corrected chi connectivity index (χ3v) is 3.20. The Balaban J connectivity index is 2.52. The molecule has 1 heteroatoms. The third-order valence-electron chi connectivity index (χ3n) is 3.20. The first-order valence-electron chi connectivity index (χ1n) is 7.59. The first-order chi connectivity index (χ1) is 8.76. The van der Waals surface area contributed by atoms with E-state index in [9.17, 15) is 0 Å². The zero-order chi connectivity index (χ0) is 14.5. The molecule has 108 valence electrons. The minimum absolute atomic E-state index is 0.216. The predicted octanol–water partition coefficient (Wildman–Crippen LogP) is 4.45. The van der Waals surface area contributed by atoms with Gasteiger partial charge in [0.05, 0.1) is 0 Å². The maximum atomic E-state index is 3.59. The molecule has 0 saturated carbocycles. The summed E-state index contributed by atoms with van der Waals surface area (Å²) in [6, 6.07) is 9.10. The lowest BCUT2D eigenvalue weighted by Gasteiger charge is -2.23. The van der Waals surface area contributed by atoms with Crippen LogP contribution in [0.2, 0.25) is 0 Å². The molecule has 19 heavy (non-hydrogen) atoms. The molecule has 0 spiro atoms. The van der Waals surface area contributed by atoms with Crippen LogP contribution >= 0.6 is 0 Å². The van der Waals surface area contributed by atoms with Gasteiger partial charge in [-0.1, -0.05) is 45.0 Å². The van der Waals surface area contributed by atoms with Gasteiger partial charge >= 0.3 is 0 Å². The van der Waals surface area contributed by atoms with E-state index in [1.807, 2.05) is 0 Å². The van der Waals surface area contributed by atoms with Crippen molar-refractivity contribution in [3.63, 3.8) is 0 Å². The second-order valence-electron chi connectivity index (χ2n) is 7.36. The van der Waals surface area contributed by atoms with Gasteiger partial charge in [0.15, 0.2) is 0 Å². The van der Waals surface area contributed by atoms with Gasteiger partial charge in [0, 0.05) is 5.54 Å². The summed E-state index contributed by atoms with van der Waals surface area (Å²) in [4.78, 5) is 0. The summed E-state index contributed by atoms with van der Waals surface area (Å²) in [5.41, 5.74) is 3.16. The highest BCUT2D eigenvalue weighted by Gasteiger charge is 2.11. The van der Waals surface area contributed by atoms with Gasteiger partial charge in [-0.15, -0.1) is 0 Å². The van der Waals surface area contributed by atoms with Crippen LogP contribution in [-0.2, 0) is 12.8 Å². The fourth-order valence-corrected chi connectivity index (χ4v) is 2.31.